The Labute approximate surface area is 132 Å². The summed E-state index contributed by atoms with van der Waals surface area (Å²) < 4.78 is 0. The molecule has 3 heteroatoms. The Bertz CT molecular complexity index is 647. The standard InChI is InChI=1S/C19H25N3/c1-21-17-9-16(20)10-18(21)13-22(12-17)11-15-7-4-6-14-5-2-3-8-19(14)15/h2-8,16-18H,9-13,20H2,1H3/t16?,17-,18+. The zero-order chi connectivity index (χ0) is 15.1. The number of piperidine rings is 1. The number of benzene rings is 2. The van der Waals surface area contributed by atoms with Gasteiger partial charge in [-0.25, -0.2) is 0 Å². The minimum atomic E-state index is 0.394. The number of hydrogen-bond donors (Lipinski definition) is 1. The number of likely N-dealkylation sites (N-methyl/N-ethyl adjacent to an activating group) is 1. The van der Waals surface area contributed by atoms with Gasteiger partial charge in [0.25, 0.3) is 0 Å². The number of piperazine rings is 1. The molecule has 0 aliphatic carbocycles. The second-order valence-electron chi connectivity index (χ2n) is 7.04. The van der Waals surface area contributed by atoms with Gasteiger partial charge in [-0.15, -0.1) is 0 Å². The summed E-state index contributed by atoms with van der Waals surface area (Å²) >= 11 is 0. The predicted molar refractivity (Wildman–Crippen MR) is 91.8 cm³/mol. The number of hydrogen-bond acceptors (Lipinski definition) is 3. The Morgan fingerprint density at radius 3 is 2.45 bits per heavy atom. The molecule has 0 spiro atoms. The van der Waals surface area contributed by atoms with Crippen LogP contribution < -0.4 is 5.73 Å². The molecule has 2 fully saturated rings. The van der Waals surface area contributed by atoms with Crippen LogP contribution >= 0.6 is 0 Å². The molecule has 3 atom stereocenters. The first-order valence-electron chi connectivity index (χ1n) is 8.37. The highest BCUT2D eigenvalue weighted by molar-refractivity contribution is 5.85. The number of likely N-dealkylation sites (tertiary alicyclic amines) is 1. The number of nitrogens with two attached hydrogens (primary N) is 1. The third kappa shape index (κ3) is 2.54. The van der Waals surface area contributed by atoms with Crippen LogP contribution in [-0.2, 0) is 6.54 Å². The van der Waals surface area contributed by atoms with Crippen molar-refractivity contribution >= 4 is 10.8 Å². The molecule has 0 amide bonds. The van der Waals surface area contributed by atoms with Crippen LogP contribution in [0.5, 0.6) is 0 Å². The van der Waals surface area contributed by atoms with E-state index in [1.165, 1.54) is 16.3 Å². The molecule has 2 saturated heterocycles. The Kier molecular flexibility index (Phi) is 3.65. The molecule has 3 nitrogen and oxygen atoms in total. The summed E-state index contributed by atoms with van der Waals surface area (Å²) in [4.78, 5) is 5.19. The van der Waals surface area contributed by atoms with Crippen LogP contribution in [0, 0.1) is 0 Å². The van der Waals surface area contributed by atoms with E-state index in [4.69, 9.17) is 5.73 Å². The smallest absolute Gasteiger partial charge is 0.0241 e. The fraction of sp³-hybridized carbons (Fsp3) is 0.474. The van der Waals surface area contributed by atoms with E-state index < -0.39 is 0 Å². The lowest BCUT2D eigenvalue weighted by Gasteiger charge is -2.50. The van der Waals surface area contributed by atoms with Gasteiger partial charge in [0.1, 0.15) is 0 Å². The van der Waals surface area contributed by atoms with Gasteiger partial charge in [0.2, 0.25) is 0 Å². The number of fused-ring (bicyclic) bond motifs is 3. The molecular formula is C19H25N3. The predicted octanol–water partition coefficient (Wildman–Crippen LogP) is 2.45. The van der Waals surface area contributed by atoms with E-state index in [1.807, 2.05) is 0 Å². The van der Waals surface area contributed by atoms with E-state index in [-0.39, 0.29) is 0 Å². The summed E-state index contributed by atoms with van der Waals surface area (Å²) in [6, 6.07) is 17.0. The van der Waals surface area contributed by atoms with Crippen molar-refractivity contribution in [3.05, 3.63) is 48.0 Å². The lowest BCUT2D eigenvalue weighted by molar-refractivity contribution is -0.000223. The molecule has 22 heavy (non-hydrogen) atoms. The molecule has 2 aromatic carbocycles. The minimum Gasteiger partial charge on any atom is -0.328 e. The maximum absolute atomic E-state index is 6.21. The van der Waals surface area contributed by atoms with Crippen molar-refractivity contribution in [2.75, 3.05) is 20.1 Å². The van der Waals surface area contributed by atoms with Crippen LogP contribution in [-0.4, -0.2) is 48.1 Å². The zero-order valence-corrected chi connectivity index (χ0v) is 13.3. The molecule has 4 rings (SSSR count). The molecule has 2 N–H and O–H groups in total. The van der Waals surface area contributed by atoms with E-state index in [0.29, 0.717) is 18.1 Å². The topological polar surface area (TPSA) is 32.5 Å². The molecule has 2 aliphatic heterocycles. The zero-order valence-electron chi connectivity index (χ0n) is 13.3. The summed E-state index contributed by atoms with van der Waals surface area (Å²) in [5.74, 6) is 0. The highest BCUT2D eigenvalue weighted by atomic mass is 15.3. The average Bonchev–Trinajstić information content (AvgIpc) is 2.50. The van der Waals surface area contributed by atoms with Crippen molar-refractivity contribution in [2.45, 2.75) is 37.5 Å². The van der Waals surface area contributed by atoms with Gasteiger partial charge in [0.15, 0.2) is 0 Å². The van der Waals surface area contributed by atoms with Crippen molar-refractivity contribution in [1.29, 1.82) is 0 Å². The van der Waals surface area contributed by atoms with Gasteiger partial charge in [-0.3, -0.25) is 9.80 Å². The van der Waals surface area contributed by atoms with Crippen molar-refractivity contribution in [2.24, 2.45) is 5.73 Å². The quantitative estimate of drug-likeness (QED) is 0.923. The Morgan fingerprint density at radius 2 is 1.68 bits per heavy atom. The van der Waals surface area contributed by atoms with Crippen LogP contribution in [0.3, 0.4) is 0 Å². The normalized spacial score (nSPS) is 29.8. The Hall–Kier alpha value is -1.42. The molecule has 1 unspecified atom stereocenters. The van der Waals surface area contributed by atoms with Crippen LogP contribution in [0.4, 0.5) is 0 Å². The first-order valence-corrected chi connectivity index (χ1v) is 8.37. The van der Waals surface area contributed by atoms with Gasteiger partial charge >= 0.3 is 0 Å². The molecule has 0 saturated carbocycles. The minimum absolute atomic E-state index is 0.394. The number of rotatable bonds is 2. The fourth-order valence-corrected chi connectivity index (χ4v) is 4.30. The van der Waals surface area contributed by atoms with Crippen LogP contribution in [0.25, 0.3) is 10.8 Å². The maximum atomic E-state index is 6.21. The second kappa shape index (κ2) is 5.65. The molecule has 0 radical (unpaired) electrons. The van der Waals surface area contributed by atoms with E-state index in [1.54, 1.807) is 0 Å². The summed E-state index contributed by atoms with van der Waals surface area (Å²) in [7, 11) is 2.27. The first-order chi connectivity index (χ1) is 10.7. The molecule has 2 aromatic rings. The Morgan fingerprint density at radius 1 is 1.00 bits per heavy atom. The van der Waals surface area contributed by atoms with Gasteiger partial charge in [0, 0.05) is 37.8 Å². The molecule has 2 aliphatic rings. The van der Waals surface area contributed by atoms with Crippen molar-refractivity contribution in [3.63, 3.8) is 0 Å². The average molecular weight is 295 g/mol. The van der Waals surface area contributed by atoms with E-state index in [0.717, 1.165) is 32.5 Å². The summed E-state index contributed by atoms with van der Waals surface area (Å²) in [5, 5.41) is 2.74. The monoisotopic (exact) mass is 295 g/mol. The van der Waals surface area contributed by atoms with E-state index in [2.05, 4.69) is 59.3 Å². The third-order valence-corrected chi connectivity index (χ3v) is 5.51. The molecule has 2 bridgehead atoms. The summed E-state index contributed by atoms with van der Waals surface area (Å²) in [5.41, 5.74) is 7.66. The lowest BCUT2D eigenvalue weighted by Crippen LogP contribution is -2.62. The van der Waals surface area contributed by atoms with Crippen LogP contribution in [0.1, 0.15) is 18.4 Å². The second-order valence-corrected chi connectivity index (χ2v) is 7.04. The highest BCUT2D eigenvalue weighted by Gasteiger charge is 2.37. The molecule has 116 valence electrons. The van der Waals surface area contributed by atoms with Gasteiger partial charge in [-0.2, -0.15) is 0 Å². The van der Waals surface area contributed by atoms with Gasteiger partial charge in [0.05, 0.1) is 0 Å². The summed E-state index contributed by atoms with van der Waals surface area (Å²) in [6.45, 7) is 3.34. The van der Waals surface area contributed by atoms with Gasteiger partial charge in [-0.05, 0) is 36.2 Å². The van der Waals surface area contributed by atoms with Gasteiger partial charge < -0.3 is 5.73 Å². The maximum Gasteiger partial charge on any atom is 0.0241 e. The van der Waals surface area contributed by atoms with Crippen molar-refractivity contribution < 1.29 is 0 Å². The Balaban J connectivity index is 1.56. The third-order valence-electron chi connectivity index (χ3n) is 5.51. The fourth-order valence-electron chi connectivity index (χ4n) is 4.30. The van der Waals surface area contributed by atoms with Crippen LogP contribution in [0.2, 0.25) is 0 Å². The SMILES string of the molecule is CN1[C@@H]2CC(N)C[C@H]1CN(Cc1cccc3ccccc13)C2. The largest absolute Gasteiger partial charge is 0.328 e. The van der Waals surface area contributed by atoms with Gasteiger partial charge in [-0.1, -0.05) is 42.5 Å². The first kappa shape index (κ1) is 14.2. The molecule has 2 heterocycles. The number of nitrogens with zero attached hydrogens (tertiary/aromatic N) is 2. The van der Waals surface area contributed by atoms with Crippen molar-refractivity contribution in [3.8, 4) is 0 Å². The van der Waals surface area contributed by atoms with E-state index in [9.17, 15) is 0 Å². The van der Waals surface area contributed by atoms with E-state index >= 15 is 0 Å². The summed E-state index contributed by atoms with van der Waals surface area (Å²) in [6.07, 6.45) is 2.28. The molecule has 0 aromatic heterocycles. The lowest BCUT2D eigenvalue weighted by atomic mass is 9.88. The van der Waals surface area contributed by atoms with Crippen LogP contribution in [0.15, 0.2) is 42.5 Å². The molecular weight excluding hydrogens is 270 g/mol. The van der Waals surface area contributed by atoms with Crippen molar-refractivity contribution in [1.82, 2.24) is 9.80 Å². The highest BCUT2D eigenvalue weighted by Crippen LogP contribution is 2.28.